The zero-order valence-corrected chi connectivity index (χ0v) is 16.8. The summed E-state index contributed by atoms with van der Waals surface area (Å²) in [5, 5.41) is 10.3. The highest BCUT2D eigenvalue weighted by molar-refractivity contribution is 5.94. The molecule has 28 heavy (non-hydrogen) atoms. The van der Waals surface area contributed by atoms with Crippen LogP contribution in [0.3, 0.4) is 0 Å². The van der Waals surface area contributed by atoms with Crippen LogP contribution in [0.15, 0.2) is 18.3 Å². The number of carbonyl (C=O) groups excluding carboxylic acids is 1. The van der Waals surface area contributed by atoms with Gasteiger partial charge >= 0.3 is 0 Å². The van der Waals surface area contributed by atoms with Gasteiger partial charge in [0.15, 0.2) is 0 Å². The van der Waals surface area contributed by atoms with Gasteiger partial charge < -0.3 is 19.6 Å². The molecule has 1 amide bonds. The molecule has 0 bridgehead atoms. The average Bonchev–Trinajstić information content (AvgIpc) is 2.73. The first-order chi connectivity index (χ1) is 13.5. The Morgan fingerprint density at radius 3 is 2.57 bits per heavy atom. The van der Waals surface area contributed by atoms with Crippen LogP contribution in [-0.4, -0.2) is 89.9 Å². The molecule has 7 heteroatoms. The minimum atomic E-state index is -0.667. The molecular weight excluding hydrogens is 356 g/mol. The van der Waals surface area contributed by atoms with Crippen molar-refractivity contribution in [2.75, 3.05) is 57.4 Å². The van der Waals surface area contributed by atoms with E-state index in [9.17, 15) is 9.90 Å². The summed E-state index contributed by atoms with van der Waals surface area (Å²) in [4.78, 5) is 24.0. The molecule has 0 spiro atoms. The van der Waals surface area contributed by atoms with Gasteiger partial charge in [-0.3, -0.25) is 9.69 Å². The normalized spacial score (nSPS) is 27.8. The third kappa shape index (κ3) is 4.47. The van der Waals surface area contributed by atoms with Crippen LogP contribution in [0.25, 0.3) is 0 Å². The van der Waals surface area contributed by atoms with Crippen molar-refractivity contribution in [2.45, 2.75) is 44.2 Å². The number of anilines is 1. The van der Waals surface area contributed by atoms with Gasteiger partial charge in [-0.15, -0.1) is 0 Å². The van der Waals surface area contributed by atoms with Crippen molar-refractivity contribution in [2.24, 2.45) is 0 Å². The molecule has 0 aromatic carbocycles. The highest BCUT2D eigenvalue weighted by Crippen LogP contribution is 2.25. The van der Waals surface area contributed by atoms with E-state index in [1.807, 2.05) is 24.0 Å². The van der Waals surface area contributed by atoms with Crippen molar-refractivity contribution in [1.82, 2.24) is 14.8 Å². The number of hydrogen-bond acceptors (Lipinski definition) is 6. The number of nitrogens with zero attached hydrogens (tertiary/aromatic N) is 4. The molecule has 4 rings (SSSR count). The predicted octanol–water partition coefficient (Wildman–Crippen LogP) is 1.37. The fourth-order valence-corrected chi connectivity index (χ4v) is 4.67. The topological polar surface area (TPSA) is 69.1 Å². The Labute approximate surface area is 167 Å². The average molecular weight is 389 g/mol. The first kappa shape index (κ1) is 19.6. The lowest BCUT2D eigenvalue weighted by Gasteiger charge is -2.40. The Balaban J connectivity index is 1.32. The molecule has 1 aromatic rings. The zero-order chi connectivity index (χ0) is 19.6. The van der Waals surface area contributed by atoms with E-state index in [0.717, 1.165) is 77.4 Å². The Hall–Kier alpha value is -1.70. The van der Waals surface area contributed by atoms with Gasteiger partial charge in [-0.25, -0.2) is 4.98 Å². The maximum Gasteiger partial charge on any atom is 0.255 e. The first-order valence-electron chi connectivity index (χ1n) is 10.6. The maximum absolute atomic E-state index is 12.9. The summed E-state index contributed by atoms with van der Waals surface area (Å²) in [6, 6.07) is 4.36. The van der Waals surface area contributed by atoms with Gasteiger partial charge in [0.05, 0.1) is 24.4 Å². The second-order valence-corrected chi connectivity index (χ2v) is 8.60. The number of amides is 1. The van der Waals surface area contributed by atoms with E-state index in [1.165, 1.54) is 0 Å². The lowest BCUT2D eigenvalue weighted by atomic mass is 9.95. The van der Waals surface area contributed by atoms with Crippen molar-refractivity contribution < 1.29 is 14.6 Å². The number of pyridine rings is 1. The molecule has 1 atom stereocenters. The highest BCUT2D eigenvalue weighted by atomic mass is 16.5. The molecule has 0 radical (unpaired) electrons. The Morgan fingerprint density at radius 2 is 1.93 bits per heavy atom. The molecule has 1 unspecified atom stereocenters. The number of β-amino-alcohol motifs (C(OH)–C–C–N with tert-alkyl or cyclic N) is 1. The smallest absolute Gasteiger partial charge is 0.255 e. The van der Waals surface area contributed by atoms with Crippen LogP contribution >= 0.6 is 0 Å². The second kappa shape index (κ2) is 8.35. The third-order valence-corrected chi connectivity index (χ3v) is 6.31. The number of likely N-dealkylation sites (tertiary alicyclic amines) is 1. The summed E-state index contributed by atoms with van der Waals surface area (Å²) in [6.45, 7) is 8.62. The molecule has 154 valence electrons. The summed E-state index contributed by atoms with van der Waals surface area (Å²) in [5.74, 6) is 0.910. The summed E-state index contributed by atoms with van der Waals surface area (Å²) >= 11 is 0. The van der Waals surface area contributed by atoms with Crippen LogP contribution in [0, 0.1) is 0 Å². The molecule has 0 saturated carbocycles. The van der Waals surface area contributed by atoms with Crippen LogP contribution in [0.2, 0.25) is 0 Å². The van der Waals surface area contributed by atoms with Crippen LogP contribution < -0.4 is 4.90 Å². The van der Waals surface area contributed by atoms with Gasteiger partial charge in [0, 0.05) is 51.5 Å². The van der Waals surface area contributed by atoms with Crippen LogP contribution in [0.5, 0.6) is 0 Å². The largest absolute Gasteiger partial charge is 0.388 e. The van der Waals surface area contributed by atoms with Crippen molar-refractivity contribution >= 4 is 11.7 Å². The van der Waals surface area contributed by atoms with Crippen LogP contribution in [0.4, 0.5) is 5.82 Å². The van der Waals surface area contributed by atoms with Crippen molar-refractivity contribution in [3.8, 4) is 0 Å². The summed E-state index contributed by atoms with van der Waals surface area (Å²) in [7, 11) is 0. The molecule has 7 nitrogen and oxygen atoms in total. The van der Waals surface area contributed by atoms with Gasteiger partial charge in [-0.1, -0.05) is 0 Å². The Morgan fingerprint density at radius 1 is 1.18 bits per heavy atom. The van der Waals surface area contributed by atoms with Gasteiger partial charge in [0.25, 0.3) is 5.91 Å². The van der Waals surface area contributed by atoms with E-state index in [4.69, 9.17) is 4.74 Å². The number of piperidine rings is 2. The van der Waals surface area contributed by atoms with Crippen molar-refractivity contribution in [3.63, 3.8) is 0 Å². The standard InChI is InChI=1S/C21H32N4O3/c1-21(27)7-2-8-25(16-21)19-4-3-17(15-22-19)20(26)24-9-5-18(6-10-24)23-11-13-28-14-12-23/h3-4,15,18,27H,2,5-14,16H2,1H3. The lowest BCUT2D eigenvalue weighted by Crippen LogP contribution is -2.50. The summed E-state index contributed by atoms with van der Waals surface area (Å²) < 4.78 is 5.44. The van der Waals surface area contributed by atoms with Gasteiger partial charge in [0.2, 0.25) is 0 Å². The van der Waals surface area contributed by atoms with Gasteiger partial charge in [0.1, 0.15) is 5.82 Å². The van der Waals surface area contributed by atoms with E-state index in [1.54, 1.807) is 6.20 Å². The number of hydrogen-bond donors (Lipinski definition) is 1. The molecular formula is C21H32N4O3. The highest BCUT2D eigenvalue weighted by Gasteiger charge is 2.30. The Bertz CT molecular complexity index is 665. The number of aliphatic hydroxyl groups is 1. The molecule has 3 aliphatic rings. The zero-order valence-electron chi connectivity index (χ0n) is 16.8. The number of carbonyl (C=O) groups is 1. The molecule has 3 aliphatic heterocycles. The minimum absolute atomic E-state index is 0.0742. The number of morpholine rings is 1. The summed E-state index contributed by atoms with van der Waals surface area (Å²) in [5.41, 5.74) is -0.0171. The molecule has 1 aromatic heterocycles. The number of aromatic nitrogens is 1. The van der Waals surface area contributed by atoms with E-state index in [-0.39, 0.29) is 5.91 Å². The predicted molar refractivity (Wildman–Crippen MR) is 108 cm³/mol. The maximum atomic E-state index is 12.9. The second-order valence-electron chi connectivity index (χ2n) is 8.60. The fraction of sp³-hybridized carbons (Fsp3) is 0.714. The van der Waals surface area contributed by atoms with E-state index >= 15 is 0 Å². The first-order valence-corrected chi connectivity index (χ1v) is 10.6. The molecule has 3 saturated heterocycles. The Kier molecular flexibility index (Phi) is 5.85. The van der Waals surface area contributed by atoms with Gasteiger partial charge in [-0.05, 0) is 44.7 Å². The number of ether oxygens (including phenoxy) is 1. The van der Waals surface area contributed by atoms with E-state index in [2.05, 4.69) is 14.8 Å². The van der Waals surface area contributed by atoms with Crippen LogP contribution in [0.1, 0.15) is 43.0 Å². The minimum Gasteiger partial charge on any atom is -0.388 e. The van der Waals surface area contributed by atoms with Crippen LogP contribution in [-0.2, 0) is 4.74 Å². The SMILES string of the molecule is CC1(O)CCCN(c2ccc(C(=O)N3CCC(N4CCOCC4)CC3)cn2)C1. The number of rotatable bonds is 3. The monoisotopic (exact) mass is 388 g/mol. The van der Waals surface area contributed by atoms with E-state index in [0.29, 0.717) is 18.2 Å². The lowest BCUT2D eigenvalue weighted by molar-refractivity contribution is 0.00158. The molecule has 4 heterocycles. The fourth-order valence-electron chi connectivity index (χ4n) is 4.67. The van der Waals surface area contributed by atoms with Crippen molar-refractivity contribution in [3.05, 3.63) is 23.9 Å². The van der Waals surface area contributed by atoms with Gasteiger partial charge in [-0.2, -0.15) is 0 Å². The quantitative estimate of drug-likeness (QED) is 0.844. The molecule has 3 fully saturated rings. The summed E-state index contributed by atoms with van der Waals surface area (Å²) in [6.07, 6.45) is 5.52. The van der Waals surface area contributed by atoms with Crippen molar-refractivity contribution in [1.29, 1.82) is 0 Å². The molecule has 0 aliphatic carbocycles. The van der Waals surface area contributed by atoms with E-state index < -0.39 is 5.60 Å². The molecule has 1 N–H and O–H groups in total. The third-order valence-electron chi connectivity index (χ3n) is 6.31.